The summed E-state index contributed by atoms with van der Waals surface area (Å²) in [6.07, 6.45) is 1.13. The number of aromatic nitrogens is 1. The molecular formula is C18H19N2O+. The number of ether oxygens (including phenoxy) is 1. The van der Waals surface area contributed by atoms with Gasteiger partial charge in [0.2, 0.25) is 0 Å². The molecule has 0 spiro atoms. The maximum absolute atomic E-state index is 5.26. The molecule has 3 N–H and O–H groups in total. The number of para-hydroxylation sites is 1. The summed E-state index contributed by atoms with van der Waals surface area (Å²) in [5.74, 6) is 0.909. The minimum absolute atomic E-state index is 0.354. The van der Waals surface area contributed by atoms with Gasteiger partial charge < -0.3 is 15.0 Å². The first-order chi connectivity index (χ1) is 10.4. The lowest BCUT2D eigenvalue weighted by Crippen LogP contribution is -2.87. The minimum atomic E-state index is 0.354. The van der Waals surface area contributed by atoms with Crippen LogP contribution < -0.4 is 10.1 Å². The molecule has 1 aromatic heterocycles. The molecule has 0 fully saturated rings. The summed E-state index contributed by atoms with van der Waals surface area (Å²) < 4.78 is 5.26. The average Bonchev–Trinajstić information content (AvgIpc) is 2.94. The third-order valence-electron chi connectivity index (χ3n) is 4.43. The van der Waals surface area contributed by atoms with E-state index in [0.29, 0.717) is 6.04 Å². The van der Waals surface area contributed by atoms with Crippen molar-refractivity contribution in [3.63, 3.8) is 0 Å². The molecular weight excluding hydrogens is 260 g/mol. The van der Waals surface area contributed by atoms with Crippen molar-refractivity contribution < 1.29 is 10.1 Å². The van der Waals surface area contributed by atoms with Gasteiger partial charge in [0.25, 0.3) is 0 Å². The van der Waals surface area contributed by atoms with E-state index in [1.807, 2.05) is 12.1 Å². The van der Waals surface area contributed by atoms with Crippen molar-refractivity contribution in [2.75, 3.05) is 13.7 Å². The van der Waals surface area contributed by atoms with Crippen molar-refractivity contribution in [3.8, 4) is 5.75 Å². The molecule has 0 amide bonds. The van der Waals surface area contributed by atoms with Crippen LogP contribution in [0.25, 0.3) is 10.9 Å². The Morgan fingerprint density at radius 3 is 2.71 bits per heavy atom. The Kier molecular flexibility index (Phi) is 2.93. The van der Waals surface area contributed by atoms with Crippen LogP contribution in [0.3, 0.4) is 0 Å². The smallest absolute Gasteiger partial charge is 0.153 e. The topological polar surface area (TPSA) is 41.6 Å². The van der Waals surface area contributed by atoms with E-state index in [-0.39, 0.29) is 0 Å². The predicted molar refractivity (Wildman–Crippen MR) is 83.6 cm³/mol. The summed E-state index contributed by atoms with van der Waals surface area (Å²) in [5.41, 5.74) is 5.40. The number of hydrogen-bond donors (Lipinski definition) is 2. The van der Waals surface area contributed by atoms with Gasteiger partial charge in [0.15, 0.2) is 6.04 Å². The molecule has 3 nitrogen and oxygen atoms in total. The third-order valence-corrected chi connectivity index (χ3v) is 4.43. The second-order valence-corrected chi connectivity index (χ2v) is 5.59. The Labute approximate surface area is 123 Å². The summed E-state index contributed by atoms with van der Waals surface area (Å²) in [4.78, 5) is 3.63. The van der Waals surface area contributed by atoms with E-state index in [4.69, 9.17) is 4.74 Å². The highest BCUT2D eigenvalue weighted by molar-refractivity contribution is 5.85. The summed E-state index contributed by atoms with van der Waals surface area (Å²) in [6, 6.07) is 17.4. The van der Waals surface area contributed by atoms with E-state index in [9.17, 15) is 0 Å². The lowest BCUT2D eigenvalue weighted by atomic mass is 9.94. The maximum Gasteiger partial charge on any atom is 0.153 e. The second-order valence-electron chi connectivity index (χ2n) is 5.59. The highest BCUT2D eigenvalue weighted by Gasteiger charge is 2.28. The fourth-order valence-electron chi connectivity index (χ4n) is 3.38. The molecule has 3 aromatic rings. The van der Waals surface area contributed by atoms with E-state index in [1.54, 1.807) is 7.11 Å². The number of H-pyrrole nitrogens is 1. The molecule has 0 unspecified atom stereocenters. The number of nitrogens with one attached hydrogen (secondary N) is 1. The lowest BCUT2D eigenvalue weighted by molar-refractivity contribution is -0.690. The van der Waals surface area contributed by atoms with Crippen LogP contribution in [0.4, 0.5) is 0 Å². The van der Waals surface area contributed by atoms with Gasteiger partial charge in [0.1, 0.15) is 5.75 Å². The number of methoxy groups -OCH3 is 1. The van der Waals surface area contributed by atoms with Crippen molar-refractivity contribution in [2.45, 2.75) is 12.5 Å². The molecule has 4 rings (SSSR count). The van der Waals surface area contributed by atoms with Gasteiger partial charge in [-0.2, -0.15) is 0 Å². The van der Waals surface area contributed by atoms with Crippen LogP contribution in [-0.4, -0.2) is 18.6 Å². The van der Waals surface area contributed by atoms with Gasteiger partial charge >= 0.3 is 0 Å². The molecule has 3 heteroatoms. The molecule has 0 bridgehead atoms. The van der Waals surface area contributed by atoms with Gasteiger partial charge in [0.05, 0.1) is 19.3 Å². The number of benzene rings is 2. The average molecular weight is 279 g/mol. The Hall–Kier alpha value is -2.26. The van der Waals surface area contributed by atoms with E-state index < -0.39 is 0 Å². The van der Waals surface area contributed by atoms with Gasteiger partial charge in [-0.3, -0.25) is 0 Å². The molecule has 0 aliphatic carbocycles. The summed E-state index contributed by atoms with van der Waals surface area (Å²) in [6.45, 7) is 1.13. The first kappa shape index (κ1) is 12.5. The van der Waals surface area contributed by atoms with Gasteiger partial charge in [0, 0.05) is 22.9 Å². The first-order valence-corrected chi connectivity index (χ1v) is 7.43. The normalized spacial score (nSPS) is 17.7. The fourth-order valence-corrected chi connectivity index (χ4v) is 3.38. The number of hydrogen-bond acceptors (Lipinski definition) is 1. The van der Waals surface area contributed by atoms with Crippen LogP contribution in [0.2, 0.25) is 0 Å². The third kappa shape index (κ3) is 2.01. The molecule has 1 aliphatic rings. The van der Waals surface area contributed by atoms with E-state index in [0.717, 1.165) is 18.7 Å². The fraction of sp³-hybridized carbons (Fsp3) is 0.222. The highest BCUT2D eigenvalue weighted by atomic mass is 16.5. The monoisotopic (exact) mass is 279 g/mol. The van der Waals surface area contributed by atoms with Crippen molar-refractivity contribution in [1.82, 2.24) is 4.98 Å². The predicted octanol–water partition coefficient (Wildman–Crippen LogP) is 2.39. The Morgan fingerprint density at radius 2 is 1.90 bits per heavy atom. The zero-order chi connectivity index (χ0) is 14.2. The van der Waals surface area contributed by atoms with Crippen molar-refractivity contribution in [2.24, 2.45) is 0 Å². The molecule has 0 saturated heterocycles. The van der Waals surface area contributed by atoms with Gasteiger partial charge in [-0.25, -0.2) is 0 Å². The van der Waals surface area contributed by atoms with Crippen LogP contribution >= 0.6 is 0 Å². The molecule has 21 heavy (non-hydrogen) atoms. The van der Waals surface area contributed by atoms with Crippen LogP contribution in [0.15, 0.2) is 48.5 Å². The number of quaternary nitrogens is 1. The van der Waals surface area contributed by atoms with Crippen LogP contribution in [0.1, 0.15) is 22.9 Å². The van der Waals surface area contributed by atoms with Crippen LogP contribution in [-0.2, 0) is 6.42 Å². The number of rotatable bonds is 2. The van der Waals surface area contributed by atoms with Gasteiger partial charge in [-0.1, -0.05) is 18.2 Å². The number of fused-ring (bicyclic) bond motifs is 3. The summed E-state index contributed by atoms with van der Waals surface area (Å²) in [7, 11) is 1.71. The number of nitrogens with two attached hydrogens (primary N) is 1. The van der Waals surface area contributed by atoms with Crippen molar-refractivity contribution >= 4 is 10.9 Å². The Bertz CT molecular complexity index is 774. The molecule has 1 aliphatic heterocycles. The Balaban J connectivity index is 1.82. The van der Waals surface area contributed by atoms with E-state index in [2.05, 4.69) is 46.7 Å². The maximum atomic E-state index is 5.26. The highest BCUT2D eigenvalue weighted by Crippen LogP contribution is 2.31. The van der Waals surface area contributed by atoms with Gasteiger partial charge in [-0.05, 0) is 35.9 Å². The Morgan fingerprint density at radius 1 is 1.10 bits per heavy atom. The van der Waals surface area contributed by atoms with Gasteiger partial charge in [-0.15, -0.1) is 0 Å². The molecule has 2 heterocycles. The zero-order valence-corrected chi connectivity index (χ0v) is 12.1. The standard InChI is InChI=1S/C18H18N2O/c1-21-13-8-6-12(7-9-13)17-18-15(10-11-19-17)14-4-2-3-5-16(14)20-18/h2-9,17,19-20H,10-11H2,1H3/p+1/t17-/m0/s1. The second kappa shape index (κ2) is 4.93. The van der Waals surface area contributed by atoms with Crippen LogP contribution in [0.5, 0.6) is 5.75 Å². The largest absolute Gasteiger partial charge is 0.497 e. The zero-order valence-electron chi connectivity index (χ0n) is 12.1. The van der Waals surface area contributed by atoms with Crippen molar-refractivity contribution in [1.29, 1.82) is 0 Å². The summed E-state index contributed by atoms with van der Waals surface area (Å²) >= 11 is 0. The number of aromatic amines is 1. The van der Waals surface area contributed by atoms with E-state index in [1.165, 1.54) is 27.7 Å². The summed E-state index contributed by atoms with van der Waals surface area (Å²) in [5, 5.41) is 3.79. The molecule has 0 radical (unpaired) electrons. The minimum Gasteiger partial charge on any atom is -0.497 e. The molecule has 1 atom stereocenters. The lowest BCUT2D eigenvalue weighted by Gasteiger charge is -2.21. The first-order valence-electron chi connectivity index (χ1n) is 7.43. The van der Waals surface area contributed by atoms with E-state index >= 15 is 0 Å². The molecule has 2 aromatic carbocycles. The van der Waals surface area contributed by atoms with Crippen molar-refractivity contribution in [3.05, 3.63) is 65.4 Å². The molecule has 106 valence electrons. The molecule has 0 saturated carbocycles. The quantitative estimate of drug-likeness (QED) is 0.743. The SMILES string of the molecule is COc1ccc([C@@H]2[NH2+]CCc3c2[nH]c2ccccc32)cc1. The van der Waals surface area contributed by atoms with Crippen LogP contribution in [0, 0.1) is 0 Å².